The van der Waals surface area contributed by atoms with Crippen molar-refractivity contribution in [3.63, 3.8) is 0 Å². The standard InChI is InChI=1S/2C24H30N3.C22H26N3.C17H24N3/c2*1-15-12-16(2)14-18(13-15)21-25-22-24(6,7)23(4,5)19-11-9-10-17(3)20(19)27(22)26(21)8;1-15-11-10-14-17-18(15)25-20(22(4,5)21(17,2)3)23-19(24(25)6)16-12-8-7-9-13-16;1-7-17(5)15-18-11-19(6)20(15)14-12(2)9-8-10-13(14)16(17,3)4/h2*9-14H,1-8H3;7-14H,1-6H3;8-11H,7H2,1-6H3/q4*+1/i1D3,4D3,6D3,7D3;4D3,6D3,7D3;2D3,4D3,5D3;. The van der Waals surface area contributed by atoms with Gasteiger partial charge in [-0.05, 0) is 233 Å². The van der Waals surface area contributed by atoms with Gasteiger partial charge in [0.05, 0.1) is 61.1 Å². The van der Waals surface area contributed by atoms with Gasteiger partial charge >= 0.3 is 23.8 Å². The molecule has 4 atom stereocenters. The Morgan fingerprint density at radius 2 is 0.677 bits per heavy atom. The number of para-hydroxylation sites is 4. The van der Waals surface area contributed by atoms with E-state index < -0.39 is 107 Å². The van der Waals surface area contributed by atoms with Gasteiger partial charge in [0.15, 0.2) is 0 Å². The molecule has 8 heterocycles. The highest BCUT2D eigenvalue weighted by molar-refractivity contribution is 5.63. The zero-order valence-electron chi connectivity index (χ0n) is 89.9. The smallest absolute Gasteiger partial charge is 0.154 e. The van der Waals surface area contributed by atoms with E-state index >= 15 is 0 Å². The first-order chi connectivity index (χ1) is 58.7. The molecule has 4 aromatic heterocycles. The van der Waals surface area contributed by atoms with Gasteiger partial charge in [-0.2, -0.15) is 4.68 Å². The number of rotatable bonds is 4. The Kier molecular flexibility index (Phi) is 10.0. The Balaban J connectivity index is 0.000000159. The van der Waals surface area contributed by atoms with Crippen LogP contribution in [-0.4, -0.2) is 38.7 Å². The number of nitrogens with zero attached hydrogens (tertiary/aromatic N) is 12. The van der Waals surface area contributed by atoms with Crippen LogP contribution >= 0.6 is 0 Å². The summed E-state index contributed by atoms with van der Waals surface area (Å²) in [5, 5.41) is 0. The summed E-state index contributed by atoms with van der Waals surface area (Å²) in [5.74, 6) is 0.887. The van der Waals surface area contributed by atoms with E-state index in [1.165, 1.54) is 92.5 Å². The molecule has 0 N–H and O–H groups in total. The molecule has 0 amide bonds. The van der Waals surface area contributed by atoms with Gasteiger partial charge < -0.3 is 0 Å². The Labute approximate surface area is 633 Å². The number of hydrogen-bond donors (Lipinski definition) is 0. The quantitative estimate of drug-likeness (QED) is 0.164. The van der Waals surface area contributed by atoms with Gasteiger partial charge in [-0.1, -0.05) is 165 Å². The van der Waals surface area contributed by atoms with Gasteiger partial charge in [0.2, 0.25) is 0 Å². The molecule has 514 valence electrons. The number of aryl methyl sites for hydroxylation is 9. The molecule has 0 spiro atoms. The molecule has 7 aromatic carbocycles. The second-order valence-electron chi connectivity index (χ2n) is 28.9. The van der Waals surface area contributed by atoms with Gasteiger partial charge in [0.1, 0.15) is 28.2 Å². The van der Waals surface area contributed by atoms with Crippen molar-refractivity contribution in [1.82, 2.24) is 38.7 Å². The summed E-state index contributed by atoms with van der Waals surface area (Å²) in [6.45, 7) is -5.20. The normalized spacial score (nSPS) is 26.8. The van der Waals surface area contributed by atoms with Crippen LogP contribution in [0.3, 0.4) is 0 Å². The summed E-state index contributed by atoms with van der Waals surface area (Å²) in [6.07, 6.45) is 3.01. The van der Waals surface area contributed by atoms with Crippen molar-refractivity contribution in [2.45, 2.75) is 215 Å². The minimum Gasteiger partial charge on any atom is -0.154 e. The van der Waals surface area contributed by atoms with E-state index in [4.69, 9.17) is 51.1 Å². The van der Waals surface area contributed by atoms with Crippen LogP contribution in [0.4, 0.5) is 0 Å². The van der Waals surface area contributed by atoms with E-state index in [1.54, 1.807) is 125 Å². The third-order valence-corrected chi connectivity index (χ3v) is 21.7. The summed E-state index contributed by atoms with van der Waals surface area (Å²) in [6, 6.07) is 40.6. The molecule has 15 rings (SSSR count). The third-order valence-electron chi connectivity index (χ3n) is 21.7. The first kappa shape index (κ1) is 41.6. The minimum atomic E-state index is -3.35. The van der Waals surface area contributed by atoms with E-state index in [1.807, 2.05) is 44.4 Å². The van der Waals surface area contributed by atoms with Crippen molar-refractivity contribution in [3.8, 4) is 56.9 Å². The lowest BCUT2D eigenvalue weighted by atomic mass is 9.59. The fourth-order valence-corrected chi connectivity index (χ4v) is 15.2. The average molecular weight is 1350 g/mol. The van der Waals surface area contributed by atoms with Crippen LogP contribution in [0.15, 0.2) is 146 Å². The summed E-state index contributed by atoms with van der Waals surface area (Å²) < 4.78 is 268. The fourth-order valence-electron chi connectivity index (χ4n) is 15.2. The van der Waals surface area contributed by atoms with E-state index in [0.29, 0.717) is 67.7 Å². The van der Waals surface area contributed by atoms with Crippen molar-refractivity contribution in [1.29, 1.82) is 0 Å². The van der Waals surface area contributed by atoms with Crippen LogP contribution in [0, 0.1) is 55.3 Å². The average Bonchev–Trinajstić information content (AvgIpc) is 1.66. The lowest BCUT2D eigenvalue weighted by Crippen LogP contribution is -2.52. The molecule has 12 nitrogen and oxygen atoms in total. The van der Waals surface area contributed by atoms with Crippen molar-refractivity contribution in [2.24, 2.45) is 28.2 Å². The molecule has 0 saturated carbocycles. The molecule has 99 heavy (non-hydrogen) atoms. The number of benzene rings is 7. The Bertz CT molecular complexity index is 6170. The zero-order valence-corrected chi connectivity index (χ0v) is 59.9. The van der Waals surface area contributed by atoms with Gasteiger partial charge in [-0.3, -0.25) is 0 Å². The largest absolute Gasteiger partial charge is 0.351 e. The van der Waals surface area contributed by atoms with Crippen LogP contribution in [0.5, 0.6) is 0 Å². The van der Waals surface area contributed by atoms with E-state index in [0.717, 1.165) is 17.5 Å². The molecule has 12 heteroatoms. The molecule has 4 aliphatic rings. The summed E-state index contributed by atoms with van der Waals surface area (Å²) in [7, 11) is 6.97. The molecule has 4 aliphatic heterocycles. The molecule has 0 radical (unpaired) electrons. The predicted molar refractivity (Wildman–Crippen MR) is 402 cm³/mol. The zero-order chi connectivity index (χ0) is 97.1. The maximum absolute atomic E-state index is 8.61. The van der Waals surface area contributed by atoms with Crippen LogP contribution < -0.4 is 18.7 Å². The number of hydrogen-bond acceptors (Lipinski definition) is 4. The molecule has 11 aromatic rings. The van der Waals surface area contributed by atoms with Crippen LogP contribution in [0.2, 0.25) is 0 Å². The topological polar surface area (TPSA) is 86.8 Å². The van der Waals surface area contributed by atoms with E-state index in [-0.39, 0.29) is 50.6 Å². The summed E-state index contributed by atoms with van der Waals surface area (Å²) in [4.78, 5) is 18.6. The van der Waals surface area contributed by atoms with Crippen LogP contribution in [0.1, 0.15) is 248 Å². The van der Waals surface area contributed by atoms with Gasteiger partial charge in [-0.25, -0.2) is 0 Å². The highest BCUT2D eigenvalue weighted by atomic mass is 15.5. The SMILES string of the molecule is CCC1(C)c2nc[n+](C)n2-c2c(C)cccc2C1(C)C.[2H]C([2H])([2H])C1(C)c2cccc(C)c2-n2c(nc(-c3cc(C)cc(C)c3)[n+]2C)C1(C([2H])([2H])[2H])C([2H])([2H])[2H].[2H]C([2H])([2H])C1(C)c2cccc(C)c2-n2c(nc(-c3ccccc3)[n+]2C)C1(C([2H])([2H])[2H])C([2H])([2H])[2H].[2H]C([2H])([2H])c1cc(C)cc(-c2nc3n([n+]2C)-c2c(C)cccc2C(C)(C([2H])([2H])[2H])C3(C([2H])([2H])[2H])C([2H])([2H])[2H])c1. The molecule has 0 fully saturated rings. The minimum absolute atomic E-state index is 0.0327. The Hall–Kier alpha value is -8.90. The molecule has 0 bridgehead atoms. The van der Waals surface area contributed by atoms with Crippen molar-refractivity contribution < 1.29 is 59.8 Å². The third kappa shape index (κ3) is 10.4. The summed E-state index contributed by atoms with van der Waals surface area (Å²) in [5.41, 5.74) is -3.91. The molecule has 4 unspecified atom stereocenters. The van der Waals surface area contributed by atoms with Crippen molar-refractivity contribution >= 4 is 0 Å². The monoisotopic (exact) mass is 1350 g/mol. The molecule has 0 aliphatic carbocycles. The van der Waals surface area contributed by atoms with Crippen molar-refractivity contribution in [3.05, 3.63) is 236 Å². The first-order valence-corrected chi connectivity index (χ1v) is 33.3. The highest BCUT2D eigenvalue weighted by Gasteiger charge is 2.57. The van der Waals surface area contributed by atoms with Crippen molar-refractivity contribution in [2.75, 3.05) is 0 Å². The van der Waals surface area contributed by atoms with E-state index in [9.17, 15) is 0 Å². The van der Waals surface area contributed by atoms with Gasteiger partial charge in [0.25, 0.3) is 23.3 Å². The lowest BCUT2D eigenvalue weighted by Gasteiger charge is -2.45. The second-order valence-corrected chi connectivity index (χ2v) is 28.9. The molecular formula is C87H110N12+4. The Morgan fingerprint density at radius 1 is 0.354 bits per heavy atom. The summed E-state index contributed by atoms with van der Waals surface area (Å²) >= 11 is 0. The maximum atomic E-state index is 8.61. The second kappa shape index (κ2) is 23.9. The van der Waals surface area contributed by atoms with Gasteiger partial charge in [0, 0.05) is 62.8 Å². The lowest BCUT2D eigenvalue weighted by molar-refractivity contribution is -0.746. The molecule has 0 saturated heterocycles. The highest BCUT2D eigenvalue weighted by Crippen LogP contribution is 2.54. The maximum Gasteiger partial charge on any atom is 0.351 e. The van der Waals surface area contributed by atoms with E-state index in [2.05, 4.69) is 79.2 Å². The first-order valence-electron chi connectivity index (χ1n) is 48.3. The fraction of sp³-hybridized carbons (Fsp3) is 0.425. The van der Waals surface area contributed by atoms with Gasteiger partial charge in [-0.15, -0.1) is 32.8 Å². The number of aromatic nitrogens is 12. The van der Waals surface area contributed by atoms with Crippen LogP contribution in [-0.2, 0) is 71.5 Å². The molecular weight excluding hydrogens is 1210 g/mol. The number of fused-ring (bicyclic) bond motifs is 12. The predicted octanol–water partition coefficient (Wildman–Crippen LogP) is 16.9. The van der Waals surface area contributed by atoms with Crippen LogP contribution in [0.25, 0.3) is 56.9 Å². The Morgan fingerprint density at radius 3 is 1.02 bits per heavy atom.